The van der Waals surface area contributed by atoms with Gasteiger partial charge in [0, 0.05) is 0 Å². The summed E-state index contributed by atoms with van der Waals surface area (Å²) in [6.45, 7) is 7.51. The fourth-order valence-electron chi connectivity index (χ4n) is 1.79. The van der Waals surface area contributed by atoms with E-state index in [1.54, 1.807) is 0 Å². The first kappa shape index (κ1) is 16.6. The van der Waals surface area contributed by atoms with Gasteiger partial charge in [0.05, 0.1) is 0 Å². The molecule has 0 radical (unpaired) electrons. The van der Waals surface area contributed by atoms with Gasteiger partial charge in [0.1, 0.15) is 0 Å². The largest absolute Gasteiger partial charge is 1.00 e. The van der Waals surface area contributed by atoms with Crippen LogP contribution in [0.1, 0.15) is 33.6 Å². The first-order valence-corrected chi connectivity index (χ1v) is 7.79. The molecule has 1 aliphatic rings. The number of amides is 1. The Morgan fingerprint density at radius 2 is 2.12 bits per heavy atom. The molecule has 1 fully saturated rings. The van der Waals surface area contributed by atoms with E-state index in [2.05, 4.69) is 0 Å². The zero-order chi connectivity index (χ0) is 11.5. The maximum Gasteiger partial charge on any atom is -1.00 e. The number of carbonyl (C=O) groups is 1. The fraction of sp³-hybridized carbons (Fsp3) is 0.909. The minimum absolute atomic E-state index is 0. The van der Waals surface area contributed by atoms with Crippen LogP contribution in [0.2, 0.25) is 5.02 Å². The maximum absolute atomic E-state index is 11.8. The zero-order valence-corrected chi connectivity index (χ0v) is 15.6. The molecule has 1 unspecified atom stereocenters. The molecular formula is C11H20INO2Zn. The Bertz CT molecular complexity index is 231. The molecule has 1 rings (SSSR count). The molecule has 0 spiro atoms. The molecule has 0 bridgehead atoms. The second-order valence-corrected chi connectivity index (χ2v) is 6.43. The van der Waals surface area contributed by atoms with Gasteiger partial charge in [0.2, 0.25) is 0 Å². The normalized spacial score (nSPS) is 21.3. The van der Waals surface area contributed by atoms with Crippen LogP contribution in [0.25, 0.3) is 0 Å². The number of piperidine rings is 1. The molecule has 90 valence electrons. The van der Waals surface area contributed by atoms with Crippen LogP contribution >= 0.6 is 0 Å². The second kappa shape index (κ2) is 7.15. The third-order valence-electron chi connectivity index (χ3n) is 2.58. The summed E-state index contributed by atoms with van der Waals surface area (Å²) in [7, 11) is 0. The van der Waals surface area contributed by atoms with E-state index in [1.165, 1.54) is 29.7 Å². The summed E-state index contributed by atoms with van der Waals surface area (Å²) >= 11 is 1.33. The van der Waals surface area contributed by atoms with E-state index in [0.717, 1.165) is 19.5 Å². The zero-order valence-electron chi connectivity index (χ0n) is 10.5. The van der Waals surface area contributed by atoms with E-state index in [9.17, 15) is 4.79 Å². The van der Waals surface area contributed by atoms with Crippen molar-refractivity contribution in [3.63, 3.8) is 0 Å². The van der Waals surface area contributed by atoms with Crippen LogP contribution in [0, 0.1) is 5.92 Å². The van der Waals surface area contributed by atoms with E-state index in [-0.39, 0.29) is 35.7 Å². The van der Waals surface area contributed by atoms with Crippen LogP contribution in [0.3, 0.4) is 0 Å². The van der Waals surface area contributed by atoms with Crippen LogP contribution < -0.4 is 24.0 Å². The van der Waals surface area contributed by atoms with Crippen LogP contribution in [-0.2, 0) is 23.0 Å². The van der Waals surface area contributed by atoms with Crippen LogP contribution in [0.4, 0.5) is 4.79 Å². The van der Waals surface area contributed by atoms with Crippen molar-refractivity contribution in [1.29, 1.82) is 0 Å². The summed E-state index contributed by atoms with van der Waals surface area (Å²) in [6, 6.07) is 0. The predicted molar refractivity (Wildman–Crippen MR) is 55.3 cm³/mol. The van der Waals surface area contributed by atoms with E-state index in [0.29, 0.717) is 5.92 Å². The van der Waals surface area contributed by atoms with Crippen molar-refractivity contribution in [3.05, 3.63) is 0 Å². The van der Waals surface area contributed by atoms with Gasteiger partial charge in [-0.25, -0.2) is 0 Å². The molecule has 0 N–H and O–H groups in total. The predicted octanol–water partition coefficient (Wildman–Crippen LogP) is -0.397. The van der Waals surface area contributed by atoms with Gasteiger partial charge in [-0.2, -0.15) is 0 Å². The SMILES string of the molecule is CC(C)(C)OC(=O)N1CCCC([CH2][Zn+])C1.[I-]. The van der Waals surface area contributed by atoms with Gasteiger partial charge < -0.3 is 24.0 Å². The molecule has 1 amide bonds. The molecule has 0 saturated carbocycles. The summed E-state index contributed by atoms with van der Waals surface area (Å²) in [5.74, 6) is 0.714. The summed E-state index contributed by atoms with van der Waals surface area (Å²) in [5.41, 5.74) is -0.371. The van der Waals surface area contributed by atoms with Gasteiger partial charge >= 0.3 is 102 Å². The number of hydrogen-bond donors (Lipinski definition) is 0. The van der Waals surface area contributed by atoms with Gasteiger partial charge in [-0.15, -0.1) is 0 Å². The first-order chi connectivity index (χ1) is 6.92. The van der Waals surface area contributed by atoms with Crippen LogP contribution in [0.15, 0.2) is 0 Å². The van der Waals surface area contributed by atoms with Crippen molar-refractivity contribution in [2.45, 2.75) is 44.2 Å². The van der Waals surface area contributed by atoms with Crippen molar-refractivity contribution < 1.29 is 51.8 Å². The topological polar surface area (TPSA) is 29.5 Å². The molecular weight excluding hydrogens is 370 g/mol. The Hall–Kier alpha value is 0.623. The molecule has 1 saturated heterocycles. The Labute approximate surface area is 125 Å². The van der Waals surface area contributed by atoms with Gasteiger partial charge in [0.25, 0.3) is 0 Å². The number of rotatable bonds is 1. The molecule has 1 atom stereocenters. The number of carbonyl (C=O) groups excluding carboxylic acids is 1. The minimum atomic E-state index is -0.371. The Kier molecular flexibility index (Phi) is 7.42. The number of halogens is 1. The van der Waals surface area contributed by atoms with Gasteiger partial charge in [0.15, 0.2) is 0 Å². The Morgan fingerprint density at radius 1 is 1.50 bits per heavy atom. The van der Waals surface area contributed by atoms with E-state index >= 15 is 0 Å². The average molecular weight is 391 g/mol. The molecule has 1 heterocycles. The monoisotopic (exact) mass is 389 g/mol. The quantitative estimate of drug-likeness (QED) is 0.451. The number of ether oxygens (including phenoxy) is 1. The molecule has 1 aliphatic heterocycles. The molecule has 0 aromatic heterocycles. The number of hydrogen-bond acceptors (Lipinski definition) is 2. The summed E-state index contributed by atoms with van der Waals surface area (Å²) in [4.78, 5) is 13.7. The van der Waals surface area contributed by atoms with E-state index in [1.807, 2.05) is 25.7 Å². The smallest absolute Gasteiger partial charge is 1.00 e. The van der Waals surface area contributed by atoms with Gasteiger partial charge in [-0.1, -0.05) is 0 Å². The van der Waals surface area contributed by atoms with Crippen molar-refractivity contribution in [2.24, 2.45) is 5.92 Å². The van der Waals surface area contributed by atoms with Crippen molar-refractivity contribution in [2.75, 3.05) is 13.1 Å². The number of nitrogens with zero attached hydrogens (tertiary/aromatic N) is 1. The van der Waals surface area contributed by atoms with Crippen LogP contribution in [-0.4, -0.2) is 29.7 Å². The maximum atomic E-state index is 11.8. The van der Waals surface area contributed by atoms with Crippen molar-refractivity contribution in [1.82, 2.24) is 4.90 Å². The second-order valence-electron chi connectivity index (χ2n) is 5.22. The van der Waals surface area contributed by atoms with Gasteiger partial charge in [-0.3, -0.25) is 0 Å². The Morgan fingerprint density at radius 3 is 2.62 bits per heavy atom. The third-order valence-corrected chi connectivity index (χ3v) is 4.29. The first-order valence-electron chi connectivity index (χ1n) is 5.69. The summed E-state index contributed by atoms with van der Waals surface area (Å²) < 4.78 is 5.37. The van der Waals surface area contributed by atoms with Gasteiger partial charge in [-0.05, 0) is 0 Å². The van der Waals surface area contributed by atoms with E-state index in [4.69, 9.17) is 4.74 Å². The molecule has 16 heavy (non-hydrogen) atoms. The summed E-state index contributed by atoms with van der Waals surface area (Å²) in [6.07, 6.45) is 2.27. The fourth-order valence-corrected chi connectivity index (χ4v) is 2.78. The molecule has 5 heteroatoms. The Balaban J connectivity index is 0.00000225. The third kappa shape index (κ3) is 5.80. The standard InChI is InChI=1S/C11H20NO2.HI.Zn/c1-9-6-5-7-12(8-9)10(13)14-11(2,3)4;;/h9H,1,5-8H2,2-4H3;1H;/q;;+1/p-1. The van der Waals surface area contributed by atoms with Crippen molar-refractivity contribution in [3.8, 4) is 0 Å². The molecule has 0 aliphatic carbocycles. The number of likely N-dealkylation sites (tertiary alicyclic amines) is 1. The molecule has 0 aromatic rings. The molecule has 0 aromatic carbocycles. The van der Waals surface area contributed by atoms with Crippen LogP contribution in [0.5, 0.6) is 0 Å². The molecule has 3 nitrogen and oxygen atoms in total. The minimum Gasteiger partial charge on any atom is -1.00 e. The summed E-state index contributed by atoms with van der Waals surface area (Å²) in [5, 5.41) is 1.28. The van der Waals surface area contributed by atoms with E-state index < -0.39 is 0 Å². The van der Waals surface area contributed by atoms with Crippen molar-refractivity contribution >= 4 is 6.09 Å². The average Bonchev–Trinajstić information content (AvgIpc) is 2.15.